The predicted molar refractivity (Wildman–Crippen MR) is 97.9 cm³/mol. The molecule has 0 bridgehead atoms. The van der Waals surface area contributed by atoms with E-state index < -0.39 is 5.41 Å². The van der Waals surface area contributed by atoms with Gasteiger partial charge in [0.25, 0.3) is 5.95 Å². The first-order valence-electron chi connectivity index (χ1n) is 8.72. The van der Waals surface area contributed by atoms with Crippen molar-refractivity contribution in [3.63, 3.8) is 0 Å². The molecule has 2 aromatic rings. The number of amides is 1. The first kappa shape index (κ1) is 16.6. The van der Waals surface area contributed by atoms with E-state index >= 15 is 0 Å². The molecule has 0 saturated carbocycles. The van der Waals surface area contributed by atoms with E-state index in [1.54, 1.807) is 9.58 Å². The van der Waals surface area contributed by atoms with Crippen molar-refractivity contribution in [3.8, 4) is 0 Å². The van der Waals surface area contributed by atoms with Gasteiger partial charge in [-0.2, -0.15) is 4.98 Å². The lowest BCUT2D eigenvalue weighted by Crippen LogP contribution is -2.32. The van der Waals surface area contributed by atoms with Crippen LogP contribution in [0.3, 0.4) is 0 Å². The van der Waals surface area contributed by atoms with Gasteiger partial charge in [-0.25, -0.2) is 9.97 Å². The summed E-state index contributed by atoms with van der Waals surface area (Å²) in [5.74, 6) is 2.09. The van der Waals surface area contributed by atoms with Crippen LogP contribution in [0.1, 0.15) is 37.5 Å². The molecule has 0 N–H and O–H groups in total. The minimum Gasteiger partial charge on any atom is -0.273 e. The van der Waals surface area contributed by atoms with Crippen LogP contribution in [0.5, 0.6) is 0 Å². The van der Waals surface area contributed by atoms with Crippen LogP contribution in [0.25, 0.3) is 5.57 Å². The van der Waals surface area contributed by atoms with Crippen LogP contribution in [0, 0.1) is 25.2 Å². The Morgan fingerprint density at radius 2 is 1.88 bits per heavy atom. The number of nitrogens with zero attached hydrogens (tertiary/aromatic N) is 6. The van der Waals surface area contributed by atoms with Gasteiger partial charge in [-0.1, -0.05) is 19.9 Å². The second-order valence-electron chi connectivity index (χ2n) is 7.48. The van der Waals surface area contributed by atoms with Gasteiger partial charge in [0, 0.05) is 36.6 Å². The summed E-state index contributed by atoms with van der Waals surface area (Å²) >= 11 is 0. The first-order chi connectivity index (χ1) is 12.3. The smallest absolute Gasteiger partial charge is 0.256 e. The van der Waals surface area contributed by atoms with Gasteiger partial charge in [0.1, 0.15) is 11.6 Å². The molecule has 0 spiro atoms. The average Bonchev–Trinajstić information content (AvgIpc) is 3.03. The topological polar surface area (TPSA) is 76.8 Å². The molecule has 1 aliphatic carbocycles. The van der Waals surface area contributed by atoms with Crippen LogP contribution >= 0.6 is 0 Å². The molecule has 0 aromatic carbocycles. The Morgan fingerprint density at radius 3 is 2.50 bits per heavy atom. The van der Waals surface area contributed by atoms with E-state index in [0.29, 0.717) is 5.95 Å². The average molecular weight is 350 g/mol. The minimum absolute atomic E-state index is 0.0363. The largest absolute Gasteiger partial charge is 0.273 e. The number of fused-ring (bicyclic) bond motifs is 1. The normalized spacial score (nSPS) is 21.5. The molecule has 1 unspecified atom stereocenters. The Hall–Kier alpha value is -2.83. The molecule has 0 radical (unpaired) electrons. The third-order valence-corrected chi connectivity index (χ3v) is 5.40. The lowest BCUT2D eigenvalue weighted by atomic mass is 9.75. The summed E-state index contributed by atoms with van der Waals surface area (Å²) in [5.41, 5.74) is 2.43. The molecular formula is C19H22N6O. The highest BCUT2D eigenvalue weighted by Crippen LogP contribution is 2.49. The summed E-state index contributed by atoms with van der Waals surface area (Å²) < 4.78 is 1.69. The molecule has 1 atom stereocenters. The van der Waals surface area contributed by atoms with Gasteiger partial charge in [0.2, 0.25) is 5.91 Å². The van der Waals surface area contributed by atoms with Crippen LogP contribution in [-0.4, -0.2) is 30.6 Å². The molecule has 1 amide bonds. The van der Waals surface area contributed by atoms with Crippen molar-refractivity contribution in [2.75, 3.05) is 4.90 Å². The van der Waals surface area contributed by atoms with Gasteiger partial charge in [-0.3, -0.25) is 14.4 Å². The third kappa shape index (κ3) is 2.38. The van der Waals surface area contributed by atoms with Crippen molar-refractivity contribution in [2.24, 2.45) is 18.4 Å². The number of hydrogen-bond donors (Lipinski definition) is 0. The van der Waals surface area contributed by atoms with Crippen molar-refractivity contribution in [1.82, 2.24) is 24.7 Å². The van der Waals surface area contributed by atoms with Gasteiger partial charge < -0.3 is 0 Å². The molecule has 26 heavy (non-hydrogen) atoms. The molecule has 3 heterocycles. The summed E-state index contributed by atoms with van der Waals surface area (Å²) in [4.78, 5) is 27.9. The Kier molecular flexibility index (Phi) is 3.57. The second kappa shape index (κ2) is 5.59. The van der Waals surface area contributed by atoms with E-state index in [2.05, 4.69) is 32.2 Å². The molecule has 2 aliphatic rings. The van der Waals surface area contributed by atoms with E-state index in [1.165, 1.54) is 0 Å². The van der Waals surface area contributed by atoms with Gasteiger partial charge in [0.15, 0.2) is 0 Å². The quantitative estimate of drug-likeness (QED) is 0.832. The monoisotopic (exact) mass is 350 g/mol. The van der Waals surface area contributed by atoms with Gasteiger partial charge in [0.05, 0.1) is 5.41 Å². The molecule has 4 rings (SSSR count). The highest BCUT2D eigenvalue weighted by molar-refractivity contribution is 6.03. The Balaban J connectivity index is 1.80. The van der Waals surface area contributed by atoms with Crippen LogP contribution in [0.2, 0.25) is 0 Å². The Morgan fingerprint density at radius 1 is 1.19 bits per heavy atom. The highest BCUT2D eigenvalue weighted by atomic mass is 16.2. The van der Waals surface area contributed by atoms with Gasteiger partial charge >= 0.3 is 0 Å². The standard InChI is InChI=1S/C19H22N6O/c1-11-20-9-14(10-21-11)13-6-7-15-16(8-13)25(17(26)19(15,3)4)18-22-12(2)24(5)23-18/h6,8-10,15H,7H2,1-5H3. The number of carbonyl (C=O) groups is 1. The summed E-state index contributed by atoms with van der Waals surface area (Å²) in [6.45, 7) is 7.74. The lowest BCUT2D eigenvalue weighted by Gasteiger charge is -2.25. The van der Waals surface area contributed by atoms with Crippen LogP contribution in [0.4, 0.5) is 5.95 Å². The lowest BCUT2D eigenvalue weighted by molar-refractivity contribution is -0.125. The predicted octanol–water partition coefficient (Wildman–Crippen LogP) is 2.58. The molecule has 1 fully saturated rings. The van der Waals surface area contributed by atoms with E-state index in [-0.39, 0.29) is 11.8 Å². The maximum absolute atomic E-state index is 13.2. The van der Waals surface area contributed by atoms with Crippen molar-refractivity contribution < 1.29 is 4.79 Å². The number of hydrogen-bond acceptors (Lipinski definition) is 5. The molecule has 7 heteroatoms. The number of aryl methyl sites for hydroxylation is 3. The maximum Gasteiger partial charge on any atom is 0.256 e. The summed E-state index contributed by atoms with van der Waals surface area (Å²) in [6.07, 6.45) is 8.65. The second-order valence-corrected chi connectivity index (χ2v) is 7.48. The van der Waals surface area contributed by atoms with Crippen LogP contribution < -0.4 is 4.90 Å². The van der Waals surface area contributed by atoms with E-state index in [4.69, 9.17) is 0 Å². The van der Waals surface area contributed by atoms with E-state index in [0.717, 1.165) is 34.9 Å². The molecule has 2 aromatic heterocycles. The summed E-state index contributed by atoms with van der Waals surface area (Å²) in [6, 6.07) is 0. The van der Waals surface area contributed by atoms with Gasteiger partial charge in [-0.05, 0) is 31.9 Å². The fourth-order valence-electron chi connectivity index (χ4n) is 3.61. The van der Waals surface area contributed by atoms with Crippen molar-refractivity contribution >= 4 is 17.4 Å². The Bertz CT molecular complexity index is 931. The summed E-state index contributed by atoms with van der Waals surface area (Å²) in [5, 5.41) is 4.43. The zero-order valence-electron chi connectivity index (χ0n) is 15.7. The molecule has 1 saturated heterocycles. The SMILES string of the molecule is Cc1ncc(C2=CCC3C(=C2)N(c2nc(C)n(C)n2)C(=O)C3(C)C)cn1. The zero-order valence-corrected chi connectivity index (χ0v) is 15.7. The fraction of sp³-hybridized carbons (Fsp3) is 0.421. The highest BCUT2D eigenvalue weighted by Gasteiger charge is 2.52. The van der Waals surface area contributed by atoms with Crippen LogP contribution in [0.15, 0.2) is 30.2 Å². The first-order valence-corrected chi connectivity index (χ1v) is 8.72. The molecule has 134 valence electrons. The molecular weight excluding hydrogens is 328 g/mol. The summed E-state index contributed by atoms with van der Waals surface area (Å²) in [7, 11) is 1.83. The van der Waals surface area contributed by atoms with Gasteiger partial charge in [-0.15, -0.1) is 5.10 Å². The molecule has 7 nitrogen and oxygen atoms in total. The van der Waals surface area contributed by atoms with E-state index in [9.17, 15) is 4.79 Å². The number of anilines is 1. The number of aromatic nitrogens is 5. The molecule has 1 aliphatic heterocycles. The number of allylic oxidation sites excluding steroid dienone is 4. The number of rotatable bonds is 2. The minimum atomic E-state index is -0.495. The Labute approximate surface area is 152 Å². The van der Waals surface area contributed by atoms with Crippen molar-refractivity contribution in [2.45, 2.75) is 34.1 Å². The van der Waals surface area contributed by atoms with Crippen molar-refractivity contribution in [3.05, 3.63) is 47.5 Å². The van der Waals surface area contributed by atoms with Crippen molar-refractivity contribution in [1.29, 1.82) is 0 Å². The maximum atomic E-state index is 13.2. The zero-order chi connectivity index (χ0) is 18.6. The number of carbonyl (C=O) groups excluding carboxylic acids is 1. The fourth-order valence-corrected chi connectivity index (χ4v) is 3.61. The third-order valence-electron chi connectivity index (χ3n) is 5.40. The van der Waals surface area contributed by atoms with Crippen LogP contribution in [-0.2, 0) is 11.8 Å². The van der Waals surface area contributed by atoms with E-state index in [1.807, 2.05) is 47.1 Å².